The first kappa shape index (κ1) is 25.7. The summed E-state index contributed by atoms with van der Waals surface area (Å²) in [6.45, 7) is 2.90. The van der Waals surface area contributed by atoms with Crippen LogP contribution < -0.4 is 14.4 Å². The van der Waals surface area contributed by atoms with Crippen LogP contribution in [0.5, 0.6) is 11.8 Å². The van der Waals surface area contributed by atoms with Crippen LogP contribution in [0.1, 0.15) is 21.5 Å². The van der Waals surface area contributed by atoms with Gasteiger partial charge < -0.3 is 28.6 Å². The van der Waals surface area contributed by atoms with Crippen molar-refractivity contribution in [2.24, 2.45) is 0 Å². The Labute approximate surface area is 230 Å². The van der Waals surface area contributed by atoms with Gasteiger partial charge in [-0.3, -0.25) is 0 Å². The largest absolute Gasteiger partial charge is 0.478 e. The number of morpholine rings is 1. The molecule has 1 aliphatic rings. The van der Waals surface area contributed by atoms with Gasteiger partial charge in [0, 0.05) is 35.3 Å². The van der Waals surface area contributed by atoms with Crippen LogP contribution in [-0.2, 0) is 11.3 Å². The number of pyridine rings is 1. The van der Waals surface area contributed by atoms with Gasteiger partial charge in [-0.1, -0.05) is 12.1 Å². The number of hydrogen-bond donors (Lipinski definition) is 1. The Morgan fingerprint density at radius 3 is 2.71 bits per heavy atom. The zero-order chi connectivity index (χ0) is 26.6. The second-order valence-corrected chi connectivity index (χ2v) is 10.4. The Bertz CT molecular complexity index is 1510. The molecule has 1 aromatic carbocycles. The van der Waals surface area contributed by atoms with Gasteiger partial charge in [-0.05, 0) is 34.1 Å². The van der Waals surface area contributed by atoms with Gasteiger partial charge >= 0.3 is 11.9 Å². The van der Waals surface area contributed by atoms with Gasteiger partial charge in [-0.15, -0.1) is 11.3 Å². The minimum absolute atomic E-state index is 0.0314. The fourth-order valence-corrected chi connectivity index (χ4v) is 5.39. The van der Waals surface area contributed by atoms with Gasteiger partial charge in [0.2, 0.25) is 11.8 Å². The fourth-order valence-electron chi connectivity index (χ4n) is 4.01. The number of anilines is 1. The number of ether oxygens (including phenoxy) is 3. The summed E-state index contributed by atoms with van der Waals surface area (Å²) in [5.41, 5.74) is 3.44. The van der Waals surface area contributed by atoms with Crippen molar-refractivity contribution in [1.29, 1.82) is 5.26 Å². The zero-order valence-electron chi connectivity index (χ0n) is 20.1. The highest BCUT2D eigenvalue weighted by Gasteiger charge is 2.23. The van der Waals surface area contributed by atoms with Crippen LogP contribution in [0.4, 0.5) is 5.69 Å². The molecular weight excluding hydrogens is 576 g/mol. The molecule has 194 valence electrons. The standard InChI is InChI=1S/C26H21BrN4O6S/c1-34-22-12-29-24(37-22)17-10-21(15-2-4-16(5-3-15)31-6-8-35-9-7-31)30-25(18(17)11-28)36-13-19-20(26(32)33)14-38-23(19)27/h2-5,10,12,14H,6-9,13H2,1H3,(H,32,33). The second-order valence-electron chi connectivity index (χ2n) is 8.18. The van der Waals surface area contributed by atoms with Crippen molar-refractivity contribution in [2.75, 3.05) is 38.3 Å². The highest BCUT2D eigenvalue weighted by atomic mass is 79.9. The van der Waals surface area contributed by atoms with E-state index in [0.29, 0.717) is 33.8 Å². The Kier molecular flexibility index (Phi) is 7.59. The average Bonchev–Trinajstić information content (AvgIpc) is 3.58. The first-order chi connectivity index (χ1) is 18.5. The summed E-state index contributed by atoms with van der Waals surface area (Å²) in [7, 11) is 1.46. The molecule has 0 spiro atoms. The van der Waals surface area contributed by atoms with Crippen LogP contribution in [0.25, 0.3) is 22.7 Å². The molecule has 3 aromatic heterocycles. The van der Waals surface area contributed by atoms with Gasteiger partial charge in [0.05, 0.1) is 40.9 Å². The summed E-state index contributed by atoms with van der Waals surface area (Å²) >= 11 is 4.63. The Balaban J connectivity index is 1.55. The van der Waals surface area contributed by atoms with E-state index >= 15 is 0 Å². The van der Waals surface area contributed by atoms with Gasteiger partial charge in [0.25, 0.3) is 0 Å². The predicted molar refractivity (Wildman–Crippen MR) is 143 cm³/mol. The number of carboxylic acids is 1. The molecule has 0 bridgehead atoms. The smallest absolute Gasteiger partial charge is 0.336 e. The summed E-state index contributed by atoms with van der Waals surface area (Å²) in [6, 6.07) is 11.8. The summed E-state index contributed by atoms with van der Waals surface area (Å²) in [5, 5.41) is 21.1. The van der Waals surface area contributed by atoms with E-state index < -0.39 is 5.97 Å². The normalized spacial score (nSPS) is 13.2. The molecule has 0 radical (unpaired) electrons. The SMILES string of the molecule is COc1cnc(-c2cc(-c3ccc(N4CCOCC4)cc3)nc(OCc3c(C(=O)O)csc3Br)c2C#N)o1. The first-order valence-corrected chi connectivity index (χ1v) is 13.2. The molecule has 1 fully saturated rings. The van der Waals surface area contributed by atoms with E-state index in [0.717, 1.165) is 24.3 Å². The lowest BCUT2D eigenvalue weighted by atomic mass is 10.0. The molecule has 1 N–H and O–H groups in total. The van der Waals surface area contributed by atoms with Crippen LogP contribution >= 0.6 is 27.3 Å². The topological polar surface area (TPSA) is 131 Å². The molecule has 1 aliphatic heterocycles. The van der Waals surface area contributed by atoms with E-state index in [2.05, 4.69) is 36.9 Å². The second kappa shape index (κ2) is 11.2. The van der Waals surface area contributed by atoms with Crippen molar-refractivity contribution in [1.82, 2.24) is 9.97 Å². The maximum absolute atomic E-state index is 11.6. The first-order valence-electron chi connectivity index (χ1n) is 11.5. The number of thiophene rings is 1. The van der Waals surface area contributed by atoms with E-state index in [1.165, 1.54) is 30.0 Å². The Morgan fingerprint density at radius 2 is 2.05 bits per heavy atom. The van der Waals surface area contributed by atoms with Crippen LogP contribution in [0.2, 0.25) is 0 Å². The van der Waals surface area contributed by atoms with Crippen molar-refractivity contribution in [3.8, 4) is 40.6 Å². The van der Waals surface area contributed by atoms with E-state index in [-0.39, 0.29) is 35.5 Å². The molecule has 0 amide bonds. The van der Waals surface area contributed by atoms with Gasteiger partial charge in [-0.25, -0.2) is 14.8 Å². The lowest BCUT2D eigenvalue weighted by molar-refractivity contribution is 0.0694. The number of rotatable bonds is 8. The molecular formula is C26H21BrN4O6S. The molecule has 38 heavy (non-hydrogen) atoms. The van der Waals surface area contributed by atoms with Crippen molar-refractivity contribution in [3.63, 3.8) is 0 Å². The molecule has 0 saturated carbocycles. The third-order valence-electron chi connectivity index (χ3n) is 5.98. The molecule has 4 heterocycles. The van der Waals surface area contributed by atoms with Crippen molar-refractivity contribution < 1.29 is 28.5 Å². The minimum atomic E-state index is -1.07. The van der Waals surface area contributed by atoms with Crippen LogP contribution in [0.3, 0.4) is 0 Å². The molecule has 12 heteroatoms. The number of aromatic carboxylic acids is 1. The lowest BCUT2D eigenvalue weighted by Crippen LogP contribution is -2.36. The van der Waals surface area contributed by atoms with E-state index in [4.69, 9.17) is 18.6 Å². The summed E-state index contributed by atoms with van der Waals surface area (Å²) in [5.74, 6) is -0.683. The van der Waals surface area contributed by atoms with Gasteiger partial charge in [0.1, 0.15) is 24.4 Å². The molecule has 4 aromatic rings. The number of aromatic nitrogens is 2. The van der Waals surface area contributed by atoms with Crippen molar-refractivity contribution in [3.05, 3.63) is 62.4 Å². The predicted octanol–water partition coefficient (Wildman–Crippen LogP) is 5.22. The van der Waals surface area contributed by atoms with Gasteiger partial charge in [0.15, 0.2) is 0 Å². The number of hydrogen-bond acceptors (Lipinski definition) is 10. The zero-order valence-corrected chi connectivity index (χ0v) is 22.5. The van der Waals surface area contributed by atoms with Crippen LogP contribution in [-0.4, -0.2) is 54.5 Å². The maximum atomic E-state index is 11.6. The molecule has 1 saturated heterocycles. The number of carbonyl (C=O) groups is 1. The Hall–Kier alpha value is -3.92. The number of carboxylic acid groups (broad SMARTS) is 1. The number of nitrogens with zero attached hydrogens (tertiary/aromatic N) is 4. The molecule has 0 unspecified atom stereocenters. The maximum Gasteiger partial charge on any atom is 0.336 e. The summed E-state index contributed by atoms with van der Waals surface area (Å²) in [6.07, 6.45) is 1.41. The minimum Gasteiger partial charge on any atom is -0.478 e. The quantitative estimate of drug-likeness (QED) is 0.288. The van der Waals surface area contributed by atoms with Crippen molar-refractivity contribution in [2.45, 2.75) is 6.61 Å². The third-order valence-corrected chi connectivity index (χ3v) is 7.83. The van der Waals surface area contributed by atoms with Crippen LogP contribution in [0.15, 0.2) is 50.1 Å². The van der Waals surface area contributed by atoms with Crippen LogP contribution in [0, 0.1) is 11.3 Å². The average molecular weight is 597 g/mol. The van der Waals surface area contributed by atoms with E-state index in [1.807, 2.05) is 24.3 Å². The van der Waals surface area contributed by atoms with Gasteiger partial charge in [-0.2, -0.15) is 5.26 Å². The number of oxazole rings is 1. The number of nitriles is 1. The monoisotopic (exact) mass is 596 g/mol. The third kappa shape index (κ3) is 5.22. The fraction of sp³-hybridized carbons (Fsp3) is 0.231. The number of benzene rings is 1. The van der Waals surface area contributed by atoms with E-state index in [1.54, 1.807) is 6.07 Å². The highest BCUT2D eigenvalue weighted by Crippen LogP contribution is 2.36. The molecule has 0 atom stereocenters. The summed E-state index contributed by atoms with van der Waals surface area (Å²) < 4.78 is 22.8. The number of halogens is 1. The van der Waals surface area contributed by atoms with E-state index in [9.17, 15) is 15.2 Å². The molecule has 10 nitrogen and oxygen atoms in total. The lowest BCUT2D eigenvalue weighted by Gasteiger charge is -2.28. The Morgan fingerprint density at radius 1 is 1.29 bits per heavy atom. The highest BCUT2D eigenvalue weighted by molar-refractivity contribution is 9.11. The molecule has 5 rings (SSSR count). The number of methoxy groups -OCH3 is 1. The summed E-state index contributed by atoms with van der Waals surface area (Å²) in [4.78, 5) is 22.8. The van der Waals surface area contributed by atoms with Crippen molar-refractivity contribution >= 4 is 38.9 Å². The molecule has 0 aliphatic carbocycles.